The van der Waals surface area contributed by atoms with E-state index in [1.54, 1.807) is 42.3 Å². The van der Waals surface area contributed by atoms with Crippen molar-refractivity contribution >= 4 is 5.78 Å². The fourth-order valence-corrected chi connectivity index (χ4v) is 3.86. The molecule has 2 bridgehead atoms. The van der Waals surface area contributed by atoms with Crippen LogP contribution in [0.4, 0.5) is 13.2 Å². The van der Waals surface area contributed by atoms with Gasteiger partial charge in [0.15, 0.2) is 5.60 Å². The number of ketones is 1. The molecule has 3 rings (SSSR count). The van der Waals surface area contributed by atoms with Crippen LogP contribution in [-0.2, 0) is 4.79 Å². The summed E-state index contributed by atoms with van der Waals surface area (Å²) in [5.74, 6) is -2.96. The number of benzene rings is 1. The van der Waals surface area contributed by atoms with Gasteiger partial charge in [-0.1, -0.05) is 30.3 Å². The van der Waals surface area contributed by atoms with E-state index < -0.39 is 41.7 Å². The van der Waals surface area contributed by atoms with E-state index in [0.717, 1.165) is 0 Å². The molecule has 0 spiro atoms. The summed E-state index contributed by atoms with van der Waals surface area (Å²) in [4.78, 5) is 14.2. The van der Waals surface area contributed by atoms with Crippen LogP contribution < -0.4 is 0 Å². The molecule has 1 saturated carbocycles. The molecule has 0 aromatic heterocycles. The maximum absolute atomic E-state index is 13.5. The summed E-state index contributed by atoms with van der Waals surface area (Å²) in [7, 11) is 1.69. The van der Waals surface area contributed by atoms with Gasteiger partial charge in [-0.25, -0.2) is 0 Å². The monoisotopic (exact) mass is 313 g/mol. The maximum atomic E-state index is 13.5. The van der Waals surface area contributed by atoms with Crippen LogP contribution in [0.3, 0.4) is 0 Å². The molecule has 2 aliphatic rings. The third-order valence-corrected chi connectivity index (χ3v) is 5.02. The summed E-state index contributed by atoms with van der Waals surface area (Å²) in [5, 5.41) is 10.4. The van der Waals surface area contributed by atoms with E-state index in [1.807, 2.05) is 0 Å². The molecule has 1 heterocycles. The molecular formula is C16H18F3NO2. The van der Waals surface area contributed by atoms with Crippen LogP contribution in [-0.4, -0.2) is 47.7 Å². The van der Waals surface area contributed by atoms with Gasteiger partial charge < -0.3 is 10.0 Å². The summed E-state index contributed by atoms with van der Waals surface area (Å²) in [6, 6.07) is 8.71. The zero-order chi connectivity index (χ0) is 16.1. The highest BCUT2D eigenvalue weighted by Gasteiger charge is 2.66. The van der Waals surface area contributed by atoms with Gasteiger partial charge in [0.25, 0.3) is 0 Å². The number of likely N-dealkylation sites (tertiary alicyclic amines) is 1. The molecule has 4 atom stereocenters. The lowest BCUT2D eigenvalue weighted by molar-refractivity contribution is -0.291. The van der Waals surface area contributed by atoms with E-state index in [2.05, 4.69) is 0 Å². The van der Waals surface area contributed by atoms with E-state index in [0.29, 0.717) is 12.1 Å². The second-order valence-corrected chi connectivity index (χ2v) is 6.43. The van der Waals surface area contributed by atoms with Crippen LogP contribution in [0.5, 0.6) is 0 Å². The van der Waals surface area contributed by atoms with Gasteiger partial charge in [0.05, 0.1) is 5.92 Å². The maximum Gasteiger partial charge on any atom is 0.417 e. The number of hydrogen-bond donors (Lipinski definition) is 1. The number of halogens is 3. The summed E-state index contributed by atoms with van der Waals surface area (Å²) in [5.41, 5.74) is -2.27. The Labute approximate surface area is 126 Å². The Kier molecular flexibility index (Phi) is 3.57. The zero-order valence-corrected chi connectivity index (χ0v) is 12.2. The molecule has 120 valence electrons. The first kappa shape index (κ1) is 15.5. The Balaban J connectivity index is 2.07. The summed E-state index contributed by atoms with van der Waals surface area (Å²) in [6.45, 7) is 0.385. The molecule has 1 aliphatic heterocycles. The third-order valence-electron chi connectivity index (χ3n) is 5.02. The molecular weight excluding hydrogens is 295 g/mol. The Hall–Kier alpha value is -1.40. The number of aliphatic hydroxyl groups is 1. The Morgan fingerprint density at radius 1 is 1.18 bits per heavy atom. The lowest BCUT2D eigenvalue weighted by atomic mass is 9.60. The summed E-state index contributed by atoms with van der Waals surface area (Å²) >= 11 is 0. The normalized spacial score (nSPS) is 36.4. The molecule has 22 heavy (non-hydrogen) atoms. The minimum absolute atomic E-state index is 0.0488. The van der Waals surface area contributed by atoms with Crippen molar-refractivity contribution in [2.45, 2.75) is 24.1 Å². The molecule has 1 saturated heterocycles. The molecule has 0 amide bonds. The number of Topliss-reactive ketones (excluding diaryl/α,β-unsaturated/α-hetero) is 1. The number of rotatable bonds is 1. The number of fused-ring (bicyclic) bond motifs is 2. The quantitative estimate of drug-likeness (QED) is 0.864. The highest BCUT2D eigenvalue weighted by molar-refractivity contribution is 5.88. The van der Waals surface area contributed by atoms with Gasteiger partial charge in [-0.3, -0.25) is 4.79 Å². The average Bonchev–Trinajstić information content (AvgIpc) is 2.45. The summed E-state index contributed by atoms with van der Waals surface area (Å²) < 4.78 is 40.4. The lowest BCUT2D eigenvalue weighted by Crippen LogP contribution is -2.66. The first-order chi connectivity index (χ1) is 10.2. The number of carbonyl (C=O) groups is 1. The molecule has 1 aromatic carbocycles. The predicted octanol–water partition coefficient (Wildman–Crippen LogP) is 2.21. The highest BCUT2D eigenvalue weighted by Crippen LogP contribution is 2.52. The largest absolute Gasteiger partial charge is 0.417 e. The van der Waals surface area contributed by atoms with E-state index in [4.69, 9.17) is 0 Å². The van der Waals surface area contributed by atoms with Crippen LogP contribution in [0.1, 0.15) is 17.9 Å². The molecule has 3 nitrogen and oxygen atoms in total. The fraction of sp³-hybridized carbons (Fsp3) is 0.562. The topological polar surface area (TPSA) is 40.5 Å². The van der Waals surface area contributed by atoms with E-state index >= 15 is 0 Å². The van der Waals surface area contributed by atoms with Crippen molar-refractivity contribution in [2.24, 2.45) is 11.8 Å². The highest BCUT2D eigenvalue weighted by atomic mass is 19.4. The molecule has 1 N–H and O–H groups in total. The van der Waals surface area contributed by atoms with Crippen molar-refractivity contribution in [1.82, 2.24) is 4.90 Å². The zero-order valence-electron chi connectivity index (χ0n) is 12.2. The van der Waals surface area contributed by atoms with Crippen molar-refractivity contribution in [3.8, 4) is 0 Å². The van der Waals surface area contributed by atoms with Gasteiger partial charge in [0.2, 0.25) is 0 Å². The van der Waals surface area contributed by atoms with Crippen molar-refractivity contribution in [3.63, 3.8) is 0 Å². The molecule has 0 radical (unpaired) electrons. The first-order valence-electron chi connectivity index (χ1n) is 7.30. The standard InChI is InChI=1S/C16H18F3NO2/c1-20-8-12-11(10-5-3-2-4-6-10)7-15(22,16(17,18)19)13(9-20)14(12)21/h2-6,11-13,22H,7-9H2,1H3/t11-,12-,13-,15-/m0/s1. The van der Waals surface area contributed by atoms with Crippen LogP contribution in [0.25, 0.3) is 0 Å². The molecule has 1 aliphatic carbocycles. The van der Waals surface area contributed by atoms with Crippen molar-refractivity contribution < 1.29 is 23.1 Å². The van der Waals surface area contributed by atoms with E-state index in [-0.39, 0.29) is 6.54 Å². The average molecular weight is 313 g/mol. The second-order valence-electron chi connectivity index (χ2n) is 6.43. The molecule has 2 fully saturated rings. The predicted molar refractivity (Wildman–Crippen MR) is 74.3 cm³/mol. The lowest BCUT2D eigenvalue weighted by Gasteiger charge is -2.51. The Bertz CT molecular complexity index is 575. The van der Waals surface area contributed by atoms with Gasteiger partial charge in [-0.15, -0.1) is 0 Å². The molecule has 6 heteroatoms. The Morgan fingerprint density at radius 3 is 2.41 bits per heavy atom. The Morgan fingerprint density at radius 2 is 1.82 bits per heavy atom. The number of hydrogen-bond acceptors (Lipinski definition) is 3. The minimum Gasteiger partial charge on any atom is -0.380 e. The molecule has 1 aromatic rings. The number of nitrogens with zero attached hydrogens (tertiary/aromatic N) is 1. The number of alkyl halides is 3. The fourth-order valence-electron chi connectivity index (χ4n) is 3.86. The van der Waals surface area contributed by atoms with Crippen LogP contribution in [0, 0.1) is 11.8 Å². The van der Waals surface area contributed by atoms with Gasteiger partial charge in [-0.2, -0.15) is 13.2 Å². The van der Waals surface area contributed by atoms with E-state index in [1.165, 1.54) is 0 Å². The van der Waals surface area contributed by atoms with Gasteiger partial charge in [0, 0.05) is 19.0 Å². The van der Waals surface area contributed by atoms with Crippen molar-refractivity contribution in [2.75, 3.05) is 20.1 Å². The first-order valence-corrected chi connectivity index (χ1v) is 7.30. The smallest absolute Gasteiger partial charge is 0.380 e. The SMILES string of the molecule is CN1C[C@@H]2C(=O)[C@H](C1)[C@](O)(C(F)(F)F)C[C@H]2c1ccccc1. The summed E-state index contributed by atoms with van der Waals surface area (Å²) in [6.07, 6.45) is -5.26. The van der Waals surface area contributed by atoms with Crippen molar-refractivity contribution in [3.05, 3.63) is 35.9 Å². The van der Waals surface area contributed by atoms with Crippen LogP contribution in [0.15, 0.2) is 30.3 Å². The van der Waals surface area contributed by atoms with Gasteiger partial charge >= 0.3 is 6.18 Å². The number of piperidine rings is 1. The third kappa shape index (κ3) is 2.25. The van der Waals surface area contributed by atoms with Gasteiger partial charge in [-0.05, 0) is 24.9 Å². The second kappa shape index (κ2) is 5.06. The van der Waals surface area contributed by atoms with Crippen LogP contribution >= 0.6 is 0 Å². The van der Waals surface area contributed by atoms with Crippen LogP contribution in [0.2, 0.25) is 0 Å². The number of carbonyl (C=O) groups excluding carboxylic acids is 1. The molecule has 0 unspecified atom stereocenters. The van der Waals surface area contributed by atoms with E-state index in [9.17, 15) is 23.1 Å². The van der Waals surface area contributed by atoms with Gasteiger partial charge in [0.1, 0.15) is 5.78 Å². The minimum atomic E-state index is -4.82. The van der Waals surface area contributed by atoms with Crippen molar-refractivity contribution in [1.29, 1.82) is 0 Å².